The van der Waals surface area contributed by atoms with Crippen LogP contribution in [0.1, 0.15) is 26.4 Å². The van der Waals surface area contributed by atoms with E-state index in [-0.39, 0.29) is 11.5 Å². The topological polar surface area (TPSA) is 70.5 Å². The van der Waals surface area contributed by atoms with Crippen LogP contribution in [0.4, 0.5) is 5.00 Å². The lowest BCUT2D eigenvalue weighted by molar-refractivity contribution is 0.0697. The van der Waals surface area contributed by atoms with Crippen molar-refractivity contribution in [3.63, 3.8) is 0 Å². The van der Waals surface area contributed by atoms with Crippen LogP contribution in [0.3, 0.4) is 0 Å². The molecule has 0 saturated carbocycles. The van der Waals surface area contributed by atoms with Gasteiger partial charge < -0.3 is 10.0 Å². The minimum absolute atomic E-state index is 0.0702. The second-order valence-electron chi connectivity index (χ2n) is 4.24. The van der Waals surface area contributed by atoms with Gasteiger partial charge >= 0.3 is 5.97 Å². The summed E-state index contributed by atoms with van der Waals surface area (Å²) in [5.41, 5.74) is 0.988. The normalized spacial score (nSPS) is 10.5. The molecule has 1 aromatic heterocycles. The zero-order valence-corrected chi connectivity index (χ0v) is 15.6. The molecule has 0 spiro atoms. The van der Waals surface area contributed by atoms with Gasteiger partial charge in [-0.1, -0.05) is 15.9 Å². The second kappa shape index (κ2) is 6.41. The Morgan fingerprint density at radius 3 is 2.71 bits per heavy atom. The van der Waals surface area contributed by atoms with E-state index in [4.69, 9.17) is 0 Å². The molecule has 2 aromatic rings. The zero-order chi connectivity index (χ0) is 15.7. The van der Waals surface area contributed by atoms with Gasteiger partial charge in [0.2, 0.25) is 0 Å². The van der Waals surface area contributed by atoms with E-state index in [1.807, 2.05) is 12.1 Å². The Hall–Kier alpha value is -1.00. The van der Waals surface area contributed by atoms with Gasteiger partial charge in [0.15, 0.2) is 0 Å². The lowest BCUT2D eigenvalue weighted by atomic mass is 10.2. The number of amides is 1. The number of rotatable bonds is 3. The van der Waals surface area contributed by atoms with Gasteiger partial charge in [0.1, 0.15) is 10.6 Å². The van der Waals surface area contributed by atoms with Crippen molar-refractivity contribution in [2.75, 3.05) is 11.9 Å². The molecule has 1 heterocycles. The Kier molecular flexibility index (Phi) is 4.99. The number of carbonyl (C=O) groups is 2. The number of aromatic carboxylic acids is 1. The van der Waals surface area contributed by atoms with Crippen molar-refractivity contribution >= 4 is 66.9 Å². The van der Waals surface area contributed by atoms with E-state index in [1.165, 1.54) is 4.90 Å². The average molecular weight is 481 g/mol. The van der Waals surface area contributed by atoms with Crippen molar-refractivity contribution in [1.82, 2.24) is 4.37 Å². The summed E-state index contributed by atoms with van der Waals surface area (Å²) in [5.74, 6) is -1.35. The third-order valence-electron chi connectivity index (χ3n) is 2.83. The Labute approximate surface area is 147 Å². The van der Waals surface area contributed by atoms with Gasteiger partial charge in [-0.25, -0.2) is 4.79 Å². The number of aryl methyl sites for hydroxylation is 1. The molecule has 1 amide bonds. The van der Waals surface area contributed by atoms with Crippen LogP contribution in [0, 0.1) is 10.5 Å². The molecule has 110 valence electrons. The van der Waals surface area contributed by atoms with Gasteiger partial charge in [-0.3, -0.25) is 4.79 Å². The van der Waals surface area contributed by atoms with E-state index < -0.39 is 5.97 Å². The highest BCUT2D eigenvalue weighted by molar-refractivity contribution is 14.1. The van der Waals surface area contributed by atoms with Crippen molar-refractivity contribution in [3.8, 4) is 0 Å². The summed E-state index contributed by atoms with van der Waals surface area (Å²) in [6.45, 7) is 1.62. The molecule has 0 atom stereocenters. The molecule has 0 aliphatic heterocycles. The minimum atomic E-state index is -1.08. The number of hydrogen-bond donors (Lipinski definition) is 1. The van der Waals surface area contributed by atoms with Gasteiger partial charge in [-0.15, -0.1) is 0 Å². The van der Waals surface area contributed by atoms with Crippen molar-refractivity contribution in [2.45, 2.75) is 6.92 Å². The molecule has 8 heteroatoms. The number of carboxylic acid groups (broad SMARTS) is 1. The van der Waals surface area contributed by atoms with E-state index in [0.717, 1.165) is 19.6 Å². The standard InChI is InChI=1S/C13H10BrIN2O3S/c1-6-10(13(19)20)12(21-16-6)17(2)11(18)8-5-7(14)3-4-9(8)15/h3-5H,1-2H3,(H,19,20). The summed E-state index contributed by atoms with van der Waals surface area (Å²) in [5, 5.41) is 9.59. The maximum absolute atomic E-state index is 12.6. The predicted molar refractivity (Wildman–Crippen MR) is 93.4 cm³/mol. The van der Waals surface area contributed by atoms with Crippen molar-refractivity contribution < 1.29 is 14.7 Å². The Morgan fingerprint density at radius 1 is 1.43 bits per heavy atom. The first-order chi connectivity index (χ1) is 9.82. The summed E-state index contributed by atoms with van der Waals surface area (Å²) in [7, 11) is 1.55. The number of halogens is 2. The number of hydrogen-bond acceptors (Lipinski definition) is 4. The summed E-state index contributed by atoms with van der Waals surface area (Å²) < 4.78 is 5.62. The number of benzene rings is 1. The predicted octanol–water partition coefficient (Wildman–Crippen LogP) is 3.79. The summed E-state index contributed by atoms with van der Waals surface area (Å²) in [4.78, 5) is 25.2. The fourth-order valence-corrected chi connectivity index (χ4v) is 3.54. The molecule has 5 nitrogen and oxygen atoms in total. The summed E-state index contributed by atoms with van der Waals surface area (Å²) in [6.07, 6.45) is 0. The third-order valence-corrected chi connectivity index (χ3v) is 5.28. The van der Waals surface area contributed by atoms with Crippen LogP contribution in [0.2, 0.25) is 0 Å². The van der Waals surface area contributed by atoms with E-state index in [0.29, 0.717) is 16.3 Å². The molecule has 21 heavy (non-hydrogen) atoms. The summed E-state index contributed by atoms with van der Waals surface area (Å²) >= 11 is 6.41. The zero-order valence-electron chi connectivity index (χ0n) is 11.1. The smallest absolute Gasteiger partial charge is 0.340 e. The number of carboxylic acids is 1. The van der Waals surface area contributed by atoms with E-state index in [1.54, 1.807) is 20.0 Å². The lowest BCUT2D eigenvalue weighted by Crippen LogP contribution is -2.27. The van der Waals surface area contributed by atoms with Crippen LogP contribution in [0.15, 0.2) is 22.7 Å². The molecule has 0 aliphatic carbocycles. The maximum atomic E-state index is 12.6. The van der Waals surface area contributed by atoms with Crippen LogP contribution in [-0.2, 0) is 0 Å². The molecular weight excluding hydrogens is 471 g/mol. The molecule has 0 unspecified atom stereocenters. The Morgan fingerprint density at radius 2 is 2.10 bits per heavy atom. The van der Waals surface area contributed by atoms with Gasteiger partial charge in [0.25, 0.3) is 5.91 Å². The fourth-order valence-electron chi connectivity index (χ4n) is 1.77. The molecule has 0 aliphatic rings. The van der Waals surface area contributed by atoms with Gasteiger partial charge in [0, 0.05) is 15.1 Å². The molecule has 0 saturated heterocycles. The highest BCUT2D eigenvalue weighted by atomic mass is 127. The van der Waals surface area contributed by atoms with Gasteiger partial charge in [-0.05, 0) is 59.2 Å². The lowest BCUT2D eigenvalue weighted by Gasteiger charge is -2.17. The van der Waals surface area contributed by atoms with Crippen molar-refractivity contribution in [3.05, 3.63) is 43.1 Å². The Bertz CT molecular complexity index is 732. The van der Waals surface area contributed by atoms with Gasteiger partial charge in [-0.2, -0.15) is 4.37 Å². The maximum Gasteiger partial charge on any atom is 0.340 e. The first-order valence-electron chi connectivity index (χ1n) is 5.75. The van der Waals surface area contributed by atoms with Crippen LogP contribution < -0.4 is 4.90 Å². The van der Waals surface area contributed by atoms with E-state index in [9.17, 15) is 14.7 Å². The minimum Gasteiger partial charge on any atom is -0.478 e. The van der Waals surface area contributed by atoms with Crippen molar-refractivity contribution in [1.29, 1.82) is 0 Å². The largest absolute Gasteiger partial charge is 0.478 e. The number of anilines is 1. The van der Waals surface area contributed by atoms with Crippen molar-refractivity contribution in [2.24, 2.45) is 0 Å². The first kappa shape index (κ1) is 16.4. The van der Waals surface area contributed by atoms with E-state index in [2.05, 4.69) is 42.9 Å². The second-order valence-corrected chi connectivity index (χ2v) is 7.07. The molecule has 1 aromatic carbocycles. The van der Waals surface area contributed by atoms with E-state index >= 15 is 0 Å². The third kappa shape index (κ3) is 3.27. The molecular formula is C13H10BrIN2O3S. The Balaban J connectivity index is 2.45. The highest BCUT2D eigenvalue weighted by Gasteiger charge is 2.25. The molecule has 1 N–H and O–H groups in total. The van der Waals surface area contributed by atoms with Crippen LogP contribution in [-0.4, -0.2) is 28.4 Å². The number of aromatic nitrogens is 1. The monoisotopic (exact) mass is 480 g/mol. The van der Waals surface area contributed by atoms with Gasteiger partial charge in [0.05, 0.1) is 11.3 Å². The fraction of sp³-hybridized carbons (Fsp3) is 0.154. The summed E-state index contributed by atoms with van der Waals surface area (Å²) in [6, 6.07) is 5.38. The number of nitrogens with zero attached hydrogens (tertiary/aromatic N) is 2. The highest BCUT2D eigenvalue weighted by Crippen LogP contribution is 2.30. The average Bonchev–Trinajstić information content (AvgIpc) is 2.81. The first-order valence-corrected chi connectivity index (χ1v) is 8.40. The SMILES string of the molecule is Cc1nsc(N(C)C(=O)c2cc(Br)ccc2I)c1C(=O)O. The van der Waals surface area contributed by atoms with Crippen LogP contribution >= 0.6 is 50.1 Å². The van der Waals surface area contributed by atoms with Crippen LogP contribution in [0.5, 0.6) is 0 Å². The molecule has 0 bridgehead atoms. The quantitative estimate of drug-likeness (QED) is 0.678. The molecule has 2 rings (SSSR count). The number of carbonyl (C=O) groups excluding carboxylic acids is 1. The molecule has 0 radical (unpaired) electrons. The molecule has 0 fully saturated rings. The van der Waals surface area contributed by atoms with Crippen LogP contribution in [0.25, 0.3) is 0 Å².